The summed E-state index contributed by atoms with van der Waals surface area (Å²) in [6.45, 7) is 3.06. The number of nitrogen functional groups attached to an aromatic ring is 1. The van der Waals surface area contributed by atoms with Crippen LogP contribution in [0.15, 0.2) is 24.5 Å². The summed E-state index contributed by atoms with van der Waals surface area (Å²) in [6.07, 6.45) is 1.50. The van der Waals surface area contributed by atoms with Crippen molar-refractivity contribution in [2.24, 2.45) is 0 Å². The third kappa shape index (κ3) is 2.68. The molecule has 5 nitrogen and oxygen atoms in total. The van der Waals surface area contributed by atoms with Crippen molar-refractivity contribution in [1.82, 2.24) is 14.8 Å². The van der Waals surface area contributed by atoms with Gasteiger partial charge in [0.2, 0.25) is 0 Å². The molecular formula is C11H13ClN4O. The van der Waals surface area contributed by atoms with E-state index in [9.17, 15) is 0 Å². The lowest BCUT2D eigenvalue weighted by Crippen LogP contribution is -2.07. The quantitative estimate of drug-likeness (QED) is 0.847. The molecule has 1 heterocycles. The zero-order valence-electron chi connectivity index (χ0n) is 9.43. The fourth-order valence-electron chi connectivity index (χ4n) is 1.44. The summed E-state index contributed by atoms with van der Waals surface area (Å²) >= 11 is 5.99. The minimum atomic E-state index is 0.316. The molecule has 0 radical (unpaired) electrons. The van der Waals surface area contributed by atoms with Gasteiger partial charge in [-0.05, 0) is 19.1 Å². The van der Waals surface area contributed by atoms with Crippen LogP contribution in [0.25, 0.3) is 0 Å². The summed E-state index contributed by atoms with van der Waals surface area (Å²) in [4.78, 5) is 4.11. The van der Waals surface area contributed by atoms with E-state index in [1.54, 1.807) is 22.9 Å². The van der Waals surface area contributed by atoms with Crippen LogP contribution >= 0.6 is 11.6 Å². The van der Waals surface area contributed by atoms with Crippen LogP contribution in [0, 0.1) is 0 Å². The number of aryl methyl sites for hydroxylation is 1. The number of nitrogens with zero attached hydrogens (tertiary/aromatic N) is 3. The third-order valence-corrected chi connectivity index (χ3v) is 2.62. The maximum Gasteiger partial charge on any atom is 0.164 e. The summed E-state index contributed by atoms with van der Waals surface area (Å²) < 4.78 is 7.33. The topological polar surface area (TPSA) is 66.0 Å². The van der Waals surface area contributed by atoms with Crippen LogP contribution in [0.5, 0.6) is 5.75 Å². The number of rotatable bonds is 4. The molecular weight excluding hydrogens is 240 g/mol. The van der Waals surface area contributed by atoms with E-state index in [0.29, 0.717) is 23.1 Å². The Bertz CT molecular complexity index is 512. The molecule has 0 atom stereocenters. The Morgan fingerprint density at radius 3 is 3.06 bits per heavy atom. The second-order valence-corrected chi connectivity index (χ2v) is 3.88. The highest BCUT2D eigenvalue weighted by atomic mass is 35.5. The molecule has 0 bridgehead atoms. The second-order valence-electron chi connectivity index (χ2n) is 3.47. The average molecular weight is 253 g/mol. The molecule has 2 aromatic rings. The maximum absolute atomic E-state index is 5.99. The van der Waals surface area contributed by atoms with Gasteiger partial charge in [0, 0.05) is 18.3 Å². The minimum Gasteiger partial charge on any atom is -0.484 e. The lowest BCUT2D eigenvalue weighted by Gasteiger charge is -2.08. The molecule has 0 saturated carbocycles. The first kappa shape index (κ1) is 11.7. The third-order valence-electron chi connectivity index (χ3n) is 2.31. The lowest BCUT2D eigenvalue weighted by molar-refractivity contribution is 0.287. The molecule has 0 fully saturated rings. The normalized spacial score (nSPS) is 10.5. The number of nitrogens with two attached hydrogens (primary N) is 1. The molecule has 90 valence electrons. The Kier molecular flexibility index (Phi) is 3.49. The molecule has 0 spiro atoms. The van der Waals surface area contributed by atoms with Crippen molar-refractivity contribution >= 4 is 17.3 Å². The highest BCUT2D eigenvalue weighted by Gasteiger charge is 2.06. The van der Waals surface area contributed by atoms with Crippen molar-refractivity contribution in [1.29, 1.82) is 0 Å². The smallest absolute Gasteiger partial charge is 0.164 e. The number of aromatic nitrogens is 3. The van der Waals surface area contributed by atoms with Crippen molar-refractivity contribution in [3.63, 3.8) is 0 Å². The highest BCUT2D eigenvalue weighted by molar-refractivity contribution is 6.32. The fourth-order valence-corrected chi connectivity index (χ4v) is 1.61. The van der Waals surface area contributed by atoms with E-state index in [0.717, 1.165) is 12.4 Å². The Balaban J connectivity index is 2.09. The van der Waals surface area contributed by atoms with Crippen LogP contribution in [0.3, 0.4) is 0 Å². The summed E-state index contributed by atoms with van der Waals surface area (Å²) in [5.74, 6) is 1.31. The van der Waals surface area contributed by atoms with Gasteiger partial charge in [-0.1, -0.05) is 11.6 Å². The van der Waals surface area contributed by atoms with Crippen molar-refractivity contribution in [2.45, 2.75) is 20.1 Å². The Hall–Kier alpha value is -1.75. The van der Waals surface area contributed by atoms with Gasteiger partial charge >= 0.3 is 0 Å². The van der Waals surface area contributed by atoms with E-state index < -0.39 is 0 Å². The SMILES string of the molecule is CCn1ncnc1COc1cc(N)ccc1Cl. The van der Waals surface area contributed by atoms with Crippen LogP contribution in [-0.2, 0) is 13.2 Å². The van der Waals surface area contributed by atoms with Crippen molar-refractivity contribution in [3.8, 4) is 5.75 Å². The molecule has 0 aliphatic carbocycles. The van der Waals surface area contributed by atoms with E-state index in [-0.39, 0.29) is 0 Å². The van der Waals surface area contributed by atoms with Gasteiger partial charge in [-0.3, -0.25) is 0 Å². The summed E-state index contributed by atoms with van der Waals surface area (Å²) in [5.41, 5.74) is 6.27. The van der Waals surface area contributed by atoms with E-state index >= 15 is 0 Å². The molecule has 0 aliphatic heterocycles. The molecule has 0 saturated heterocycles. The monoisotopic (exact) mass is 252 g/mol. The largest absolute Gasteiger partial charge is 0.484 e. The summed E-state index contributed by atoms with van der Waals surface area (Å²) in [7, 11) is 0. The van der Waals surface area contributed by atoms with Gasteiger partial charge in [-0.25, -0.2) is 9.67 Å². The fraction of sp³-hybridized carbons (Fsp3) is 0.273. The zero-order chi connectivity index (χ0) is 12.3. The molecule has 17 heavy (non-hydrogen) atoms. The van der Waals surface area contributed by atoms with Crippen LogP contribution in [0.1, 0.15) is 12.7 Å². The highest BCUT2D eigenvalue weighted by Crippen LogP contribution is 2.27. The molecule has 2 rings (SSSR count). The zero-order valence-corrected chi connectivity index (χ0v) is 10.2. The van der Waals surface area contributed by atoms with E-state index in [1.807, 2.05) is 6.92 Å². The van der Waals surface area contributed by atoms with Crippen molar-refractivity contribution < 1.29 is 4.74 Å². The van der Waals surface area contributed by atoms with Gasteiger partial charge < -0.3 is 10.5 Å². The number of hydrogen-bond donors (Lipinski definition) is 1. The van der Waals surface area contributed by atoms with Crippen molar-refractivity contribution in [3.05, 3.63) is 35.4 Å². The second kappa shape index (κ2) is 5.05. The predicted molar refractivity (Wildman–Crippen MR) is 65.9 cm³/mol. The standard InChI is InChI=1S/C11H13ClN4O/c1-2-16-11(14-7-15-16)6-17-10-5-8(13)3-4-9(10)12/h3-5,7H,2,6,13H2,1H3. The Labute approximate surface area is 104 Å². The number of hydrogen-bond acceptors (Lipinski definition) is 4. The average Bonchev–Trinajstić information content (AvgIpc) is 2.77. The van der Waals surface area contributed by atoms with Crippen LogP contribution in [0.2, 0.25) is 5.02 Å². The summed E-state index contributed by atoms with van der Waals surface area (Å²) in [5, 5.41) is 4.58. The molecule has 6 heteroatoms. The van der Waals surface area contributed by atoms with E-state index in [1.165, 1.54) is 6.33 Å². The predicted octanol–water partition coefficient (Wildman–Crippen LogP) is 2.11. The van der Waals surface area contributed by atoms with Crippen LogP contribution in [-0.4, -0.2) is 14.8 Å². The molecule has 0 unspecified atom stereocenters. The Morgan fingerprint density at radius 1 is 1.47 bits per heavy atom. The van der Waals surface area contributed by atoms with E-state index in [4.69, 9.17) is 22.1 Å². The number of anilines is 1. The van der Waals surface area contributed by atoms with E-state index in [2.05, 4.69) is 10.1 Å². The summed E-state index contributed by atoms with van der Waals surface area (Å²) in [6, 6.07) is 5.12. The van der Waals surface area contributed by atoms with Gasteiger partial charge in [0.05, 0.1) is 5.02 Å². The first-order valence-corrected chi connectivity index (χ1v) is 5.63. The Morgan fingerprint density at radius 2 is 2.29 bits per heavy atom. The van der Waals surface area contributed by atoms with Crippen LogP contribution < -0.4 is 10.5 Å². The first-order chi connectivity index (χ1) is 8.20. The van der Waals surface area contributed by atoms with Gasteiger partial charge in [0.15, 0.2) is 5.82 Å². The van der Waals surface area contributed by atoms with Gasteiger partial charge in [-0.15, -0.1) is 0 Å². The number of benzene rings is 1. The van der Waals surface area contributed by atoms with Crippen molar-refractivity contribution in [2.75, 3.05) is 5.73 Å². The molecule has 1 aromatic carbocycles. The molecule has 0 amide bonds. The van der Waals surface area contributed by atoms with Gasteiger partial charge in [0.25, 0.3) is 0 Å². The number of halogens is 1. The maximum atomic E-state index is 5.99. The first-order valence-electron chi connectivity index (χ1n) is 5.25. The van der Waals surface area contributed by atoms with Crippen LogP contribution in [0.4, 0.5) is 5.69 Å². The minimum absolute atomic E-state index is 0.316. The molecule has 2 N–H and O–H groups in total. The number of ether oxygens (including phenoxy) is 1. The lowest BCUT2D eigenvalue weighted by atomic mass is 10.3. The van der Waals surface area contributed by atoms with Gasteiger partial charge in [0.1, 0.15) is 18.7 Å². The van der Waals surface area contributed by atoms with Gasteiger partial charge in [-0.2, -0.15) is 5.10 Å². The molecule has 1 aromatic heterocycles. The molecule has 0 aliphatic rings.